The lowest BCUT2D eigenvalue weighted by Crippen LogP contribution is -1.90. The van der Waals surface area contributed by atoms with Gasteiger partial charge in [0, 0.05) is 5.33 Å². The molecule has 21 heavy (non-hydrogen) atoms. The molecule has 0 saturated heterocycles. The van der Waals surface area contributed by atoms with E-state index in [9.17, 15) is 0 Å². The summed E-state index contributed by atoms with van der Waals surface area (Å²) in [6.07, 6.45) is 1.05. The summed E-state index contributed by atoms with van der Waals surface area (Å²) < 4.78 is 0. The van der Waals surface area contributed by atoms with E-state index < -0.39 is 0 Å². The van der Waals surface area contributed by atoms with Crippen molar-refractivity contribution in [2.75, 3.05) is 5.33 Å². The maximum atomic E-state index is 3.53. The summed E-state index contributed by atoms with van der Waals surface area (Å²) >= 11 is 3.53. The van der Waals surface area contributed by atoms with Crippen LogP contribution in [0.4, 0.5) is 0 Å². The van der Waals surface area contributed by atoms with Crippen LogP contribution in [-0.4, -0.2) is 5.33 Å². The van der Waals surface area contributed by atoms with Crippen LogP contribution in [0, 0.1) is 0 Å². The van der Waals surface area contributed by atoms with E-state index in [-0.39, 0.29) is 0 Å². The fourth-order valence-corrected chi connectivity index (χ4v) is 3.04. The van der Waals surface area contributed by atoms with Gasteiger partial charge in [-0.05, 0) is 34.2 Å². The van der Waals surface area contributed by atoms with E-state index in [4.69, 9.17) is 0 Å². The molecule has 0 unspecified atom stereocenters. The van der Waals surface area contributed by atoms with Crippen molar-refractivity contribution < 1.29 is 0 Å². The Kier molecular flexibility index (Phi) is 4.52. The third-order valence-electron chi connectivity index (χ3n) is 3.64. The van der Waals surface area contributed by atoms with E-state index in [0.717, 1.165) is 11.8 Å². The summed E-state index contributed by atoms with van der Waals surface area (Å²) in [4.78, 5) is 0. The molecule has 0 aliphatic heterocycles. The van der Waals surface area contributed by atoms with Gasteiger partial charge in [-0.2, -0.15) is 0 Å². The van der Waals surface area contributed by atoms with Crippen LogP contribution in [0.3, 0.4) is 0 Å². The maximum Gasteiger partial charge on any atom is 0.00718 e. The normalized spacial score (nSPS) is 10.5. The van der Waals surface area contributed by atoms with E-state index in [1.54, 1.807) is 0 Å². The predicted molar refractivity (Wildman–Crippen MR) is 94.8 cm³/mol. The van der Waals surface area contributed by atoms with Crippen LogP contribution in [-0.2, 0) is 6.42 Å². The molecule has 104 valence electrons. The molecule has 3 aromatic rings. The molecule has 0 radical (unpaired) electrons. The molecular weight excluding hydrogens is 320 g/mol. The molecule has 0 spiro atoms. The lowest BCUT2D eigenvalue weighted by atomic mass is 9.92. The third-order valence-corrected chi connectivity index (χ3v) is 4.03. The predicted octanol–water partition coefficient (Wildman–Crippen LogP) is 5.96. The van der Waals surface area contributed by atoms with Crippen molar-refractivity contribution in [2.45, 2.75) is 6.42 Å². The molecule has 0 fully saturated rings. The zero-order valence-electron chi connectivity index (χ0n) is 11.8. The van der Waals surface area contributed by atoms with Crippen LogP contribution in [0.1, 0.15) is 5.56 Å². The first-order valence-electron chi connectivity index (χ1n) is 7.18. The largest absolute Gasteiger partial charge is 0.0924 e. The highest BCUT2D eigenvalue weighted by Crippen LogP contribution is 2.33. The Morgan fingerprint density at radius 3 is 1.76 bits per heavy atom. The van der Waals surface area contributed by atoms with Gasteiger partial charge in [-0.25, -0.2) is 0 Å². The molecule has 0 aliphatic carbocycles. The van der Waals surface area contributed by atoms with E-state index in [0.29, 0.717) is 0 Å². The number of hydrogen-bond acceptors (Lipinski definition) is 0. The van der Waals surface area contributed by atoms with Gasteiger partial charge in [-0.15, -0.1) is 0 Å². The smallest absolute Gasteiger partial charge is 0.00718 e. The standard InChI is InChI=1S/C20H17Br/c21-14-13-16-11-12-19(17-7-3-1-4-8-17)20(15-16)18-9-5-2-6-10-18/h1-12,15H,13-14H2. The number of rotatable bonds is 4. The van der Waals surface area contributed by atoms with Gasteiger partial charge in [-0.3, -0.25) is 0 Å². The highest BCUT2D eigenvalue weighted by Gasteiger charge is 2.08. The number of hydrogen-bond donors (Lipinski definition) is 0. The highest BCUT2D eigenvalue weighted by atomic mass is 79.9. The molecule has 1 heteroatoms. The van der Waals surface area contributed by atoms with E-state index >= 15 is 0 Å². The first-order chi connectivity index (χ1) is 10.4. The molecule has 0 heterocycles. The molecular formula is C20H17Br. The highest BCUT2D eigenvalue weighted by molar-refractivity contribution is 9.09. The second-order valence-corrected chi connectivity index (χ2v) is 5.84. The number of halogens is 1. The van der Waals surface area contributed by atoms with Crippen molar-refractivity contribution in [1.29, 1.82) is 0 Å². The lowest BCUT2D eigenvalue weighted by Gasteiger charge is -2.12. The minimum atomic E-state index is 0.992. The monoisotopic (exact) mass is 336 g/mol. The van der Waals surface area contributed by atoms with Gasteiger partial charge in [0.05, 0.1) is 0 Å². The first kappa shape index (κ1) is 14.1. The van der Waals surface area contributed by atoms with Crippen LogP contribution < -0.4 is 0 Å². The Labute approximate surface area is 134 Å². The maximum absolute atomic E-state index is 3.53. The molecule has 0 aromatic heterocycles. The Bertz CT molecular complexity index is 702. The number of alkyl halides is 1. The van der Waals surface area contributed by atoms with Gasteiger partial charge >= 0.3 is 0 Å². The zero-order chi connectivity index (χ0) is 14.5. The van der Waals surface area contributed by atoms with E-state index in [2.05, 4.69) is 94.8 Å². The van der Waals surface area contributed by atoms with Crippen molar-refractivity contribution in [1.82, 2.24) is 0 Å². The van der Waals surface area contributed by atoms with Gasteiger partial charge in [0.1, 0.15) is 0 Å². The minimum absolute atomic E-state index is 0.992. The molecule has 0 nitrogen and oxygen atoms in total. The van der Waals surface area contributed by atoms with Gasteiger partial charge in [-0.1, -0.05) is 94.8 Å². The van der Waals surface area contributed by atoms with Gasteiger partial charge in [0.25, 0.3) is 0 Å². The Balaban J connectivity index is 2.16. The zero-order valence-corrected chi connectivity index (χ0v) is 13.4. The van der Waals surface area contributed by atoms with Crippen molar-refractivity contribution in [3.8, 4) is 22.3 Å². The van der Waals surface area contributed by atoms with Crippen molar-refractivity contribution >= 4 is 15.9 Å². The summed E-state index contributed by atoms with van der Waals surface area (Å²) in [5.74, 6) is 0. The summed E-state index contributed by atoms with van der Waals surface area (Å²) in [7, 11) is 0. The van der Waals surface area contributed by atoms with E-state index in [1.807, 2.05) is 0 Å². The molecule has 0 atom stereocenters. The molecule has 0 saturated carbocycles. The number of aryl methyl sites for hydroxylation is 1. The Morgan fingerprint density at radius 2 is 1.19 bits per heavy atom. The average Bonchev–Trinajstić information content (AvgIpc) is 2.57. The molecule has 0 bridgehead atoms. The SMILES string of the molecule is BrCCc1ccc(-c2ccccc2)c(-c2ccccc2)c1. The Morgan fingerprint density at radius 1 is 0.619 bits per heavy atom. The molecule has 0 amide bonds. The molecule has 3 rings (SSSR count). The van der Waals surface area contributed by atoms with Crippen molar-refractivity contribution in [2.24, 2.45) is 0 Å². The van der Waals surface area contributed by atoms with Crippen molar-refractivity contribution in [3.05, 3.63) is 84.4 Å². The number of benzene rings is 3. The third kappa shape index (κ3) is 3.25. The second kappa shape index (κ2) is 6.73. The molecule has 0 aliphatic rings. The van der Waals surface area contributed by atoms with Crippen LogP contribution in [0.25, 0.3) is 22.3 Å². The van der Waals surface area contributed by atoms with E-state index in [1.165, 1.54) is 27.8 Å². The van der Waals surface area contributed by atoms with Crippen LogP contribution >= 0.6 is 15.9 Å². The summed E-state index contributed by atoms with van der Waals surface area (Å²) in [6.45, 7) is 0. The Hall–Kier alpha value is -1.86. The van der Waals surface area contributed by atoms with Gasteiger partial charge < -0.3 is 0 Å². The van der Waals surface area contributed by atoms with Crippen LogP contribution in [0.15, 0.2) is 78.9 Å². The summed E-state index contributed by atoms with van der Waals surface area (Å²) in [6, 6.07) is 28.0. The minimum Gasteiger partial charge on any atom is -0.0924 e. The summed E-state index contributed by atoms with van der Waals surface area (Å²) in [5, 5.41) is 0.992. The fraction of sp³-hybridized carbons (Fsp3) is 0.100. The first-order valence-corrected chi connectivity index (χ1v) is 8.30. The fourth-order valence-electron chi connectivity index (χ4n) is 2.58. The quantitative estimate of drug-likeness (QED) is 0.516. The lowest BCUT2D eigenvalue weighted by molar-refractivity contribution is 1.17. The topological polar surface area (TPSA) is 0 Å². The van der Waals surface area contributed by atoms with Crippen molar-refractivity contribution in [3.63, 3.8) is 0 Å². The molecule has 3 aromatic carbocycles. The van der Waals surface area contributed by atoms with Crippen LogP contribution in [0.2, 0.25) is 0 Å². The van der Waals surface area contributed by atoms with Gasteiger partial charge in [0.15, 0.2) is 0 Å². The average molecular weight is 337 g/mol. The molecule has 0 N–H and O–H groups in total. The van der Waals surface area contributed by atoms with Crippen LogP contribution in [0.5, 0.6) is 0 Å². The second-order valence-electron chi connectivity index (χ2n) is 5.05. The van der Waals surface area contributed by atoms with Gasteiger partial charge in [0.2, 0.25) is 0 Å². The summed E-state index contributed by atoms with van der Waals surface area (Å²) in [5.41, 5.74) is 6.50.